The van der Waals surface area contributed by atoms with Gasteiger partial charge in [0, 0.05) is 12.1 Å². The van der Waals surface area contributed by atoms with Crippen LogP contribution in [0.4, 0.5) is 0 Å². The number of nitrogens with one attached hydrogen (secondary N) is 2. The van der Waals surface area contributed by atoms with Crippen LogP contribution in [0, 0.1) is 0 Å². The van der Waals surface area contributed by atoms with E-state index in [4.69, 9.17) is 12.2 Å². The lowest BCUT2D eigenvalue weighted by Gasteiger charge is -2.04. The Morgan fingerprint density at radius 2 is 2.22 bits per heavy atom. The van der Waals surface area contributed by atoms with E-state index in [0.29, 0.717) is 16.2 Å². The average Bonchev–Trinajstić information content (AvgIpc) is 2.39. The quantitative estimate of drug-likeness (QED) is 0.372. The molecular weight excluding hydrogens is 250 g/mol. The number of carbonyl (C=O) groups is 1. The van der Waals surface area contributed by atoms with Gasteiger partial charge in [-0.25, -0.2) is 4.79 Å². The number of thiocarbonyl (C=S) groups is 1. The predicted molar refractivity (Wildman–Crippen MR) is 74.8 cm³/mol. The molecule has 0 aromatic heterocycles. The molecule has 0 radical (unpaired) electrons. The summed E-state index contributed by atoms with van der Waals surface area (Å²) in [7, 11) is 1.34. The Balaban J connectivity index is 2.75. The first kappa shape index (κ1) is 14.1. The zero-order valence-corrected chi connectivity index (χ0v) is 11.1. The topological polar surface area (TPSA) is 62.7 Å². The SMILES string of the molecule is CCNC(=S)N/N=C\c1ccccc1C(=O)OC. The molecule has 0 fully saturated rings. The molecule has 5 nitrogen and oxygen atoms in total. The highest BCUT2D eigenvalue weighted by Gasteiger charge is 2.08. The molecule has 0 bridgehead atoms. The van der Waals surface area contributed by atoms with Gasteiger partial charge in [0.15, 0.2) is 5.11 Å². The number of benzene rings is 1. The van der Waals surface area contributed by atoms with E-state index in [-0.39, 0.29) is 0 Å². The van der Waals surface area contributed by atoms with Crippen molar-refractivity contribution < 1.29 is 9.53 Å². The van der Waals surface area contributed by atoms with Crippen LogP contribution in [-0.2, 0) is 4.74 Å². The minimum Gasteiger partial charge on any atom is -0.465 e. The van der Waals surface area contributed by atoms with Crippen LogP contribution in [0.1, 0.15) is 22.8 Å². The second kappa shape index (κ2) is 7.39. The fourth-order valence-corrected chi connectivity index (χ4v) is 1.46. The number of esters is 1. The third-order valence-corrected chi connectivity index (χ3v) is 2.31. The summed E-state index contributed by atoms with van der Waals surface area (Å²) >= 11 is 4.95. The normalized spacial score (nSPS) is 10.1. The number of hydrazone groups is 1. The summed E-state index contributed by atoms with van der Waals surface area (Å²) in [6.45, 7) is 2.66. The van der Waals surface area contributed by atoms with Gasteiger partial charge >= 0.3 is 5.97 Å². The Bertz CT molecular complexity index is 460. The van der Waals surface area contributed by atoms with Crippen LogP contribution in [0.3, 0.4) is 0 Å². The number of hydrogen-bond acceptors (Lipinski definition) is 4. The van der Waals surface area contributed by atoms with E-state index in [1.165, 1.54) is 13.3 Å². The van der Waals surface area contributed by atoms with E-state index in [1.54, 1.807) is 18.2 Å². The highest BCUT2D eigenvalue weighted by molar-refractivity contribution is 7.80. The van der Waals surface area contributed by atoms with Crippen LogP contribution in [0.2, 0.25) is 0 Å². The van der Waals surface area contributed by atoms with Gasteiger partial charge in [-0.3, -0.25) is 5.43 Å². The summed E-state index contributed by atoms with van der Waals surface area (Å²) in [6, 6.07) is 7.03. The zero-order chi connectivity index (χ0) is 13.4. The molecule has 0 unspecified atom stereocenters. The van der Waals surface area contributed by atoms with Crippen LogP contribution in [-0.4, -0.2) is 31.0 Å². The van der Waals surface area contributed by atoms with Crippen molar-refractivity contribution in [1.82, 2.24) is 10.7 Å². The van der Waals surface area contributed by atoms with Gasteiger partial charge in [0.1, 0.15) is 0 Å². The molecular formula is C12H15N3O2S. The fraction of sp³-hybridized carbons (Fsp3) is 0.250. The second-order valence-corrected chi connectivity index (χ2v) is 3.72. The first-order valence-corrected chi connectivity index (χ1v) is 5.84. The molecule has 18 heavy (non-hydrogen) atoms. The van der Waals surface area contributed by atoms with Crippen LogP contribution < -0.4 is 10.7 Å². The third kappa shape index (κ3) is 4.14. The lowest BCUT2D eigenvalue weighted by molar-refractivity contribution is 0.0600. The first-order chi connectivity index (χ1) is 8.69. The van der Waals surface area contributed by atoms with Gasteiger partial charge in [0.05, 0.1) is 18.9 Å². The molecule has 1 aromatic carbocycles. The summed E-state index contributed by atoms with van der Waals surface area (Å²) in [5, 5.41) is 7.28. The largest absolute Gasteiger partial charge is 0.465 e. The van der Waals surface area contributed by atoms with Gasteiger partial charge in [-0.2, -0.15) is 5.10 Å². The maximum Gasteiger partial charge on any atom is 0.338 e. The lowest BCUT2D eigenvalue weighted by Crippen LogP contribution is -2.31. The Morgan fingerprint density at radius 3 is 2.89 bits per heavy atom. The number of ether oxygens (including phenoxy) is 1. The summed E-state index contributed by atoms with van der Waals surface area (Å²) in [5.74, 6) is -0.397. The Morgan fingerprint density at radius 1 is 1.50 bits per heavy atom. The van der Waals surface area contributed by atoms with E-state index in [0.717, 1.165) is 6.54 Å². The molecule has 0 spiro atoms. The van der Waals surface area contributed by atoms with E-state index in [2.05, 4.69) is 20.6 Å². The molecule has 0 aliphatic carbocycles. The number of hydrogen-bond donors (Lipinski definition) is 2. The lowest BCUT2D eigenvalue weighted by atomic mass is 10.1. The average molecular weight is 265 g/mol. The molecule has 1 rings (SSSR count). The summed E-state index contributed by atoms with van der Waals surface area (Å²) < 4.78 is 4.68. The second-order valence-electron chi connectivity index (χ2n) is 3.31. The Labute approximate surface area is 111 Å². The molecule has 0 saturated heterocycles. The Hall–Kier alpha value is -1.95. The van der Waals surface area contributed by atoms with E-state index < -0.39 is 5.97 Å². The molecule has 0 aliphatic rings. The molecule has 0 heterocycles. The molecule has 96 valence electrons. The van der Waals surface area contributed by atoms with Gasteiger partial charge in [-0.15, -0.1) is 0 Å². The summed E-state index contributed by atoms with van der Waals surface area (Å²) in [4.78, 5) is 11.5. The Kier molecular flexibility index (Phi) is 5.79. The molecule has 2 N–H and O–H groups in total. The van der Waals surface area contributed by atoms with E-state index in [1.807, 2.05) is 13.0 Å². The predicted octanol–water partition coefficient (Wildman–Crippen LogP) is 1.29. The van der Waals surface area contributed by atoms with Crippen LogP contribution in [0.15, 0.2) is 29.4 Å². The van der Waals surface area contributed by atoms with Gasteiger partial charge in [-0.05, 0) is 25.2 Å². The van der Waals surface area contributed by atoms with Gasteiger partial charge < -0.3 is 10.1 Å². The molecule has 0 atom stereocenters. The van der Waals surface area contributed by atoms with Crippen molar-refractivity contribution in [3.63, 3.8) is 0 Å². The minimum absolute atomic E-state index is 0.397. The zero-order valence-electron chi connectivity index (χ0n) is 10.3. The molecule has 0 amide bonds. The van der Waals surface area contributed by atoms with Gasteiger partial charge in [0.25, 0.3) is 0 Å². The number of methoxy groups -OCH3 is 1. The van der Waals surface area contributed by atoms with Crippen molar-refractivity contribution in [3.05, 3.63) is 35.4 Å². The summed E-state index contributed by atoms with van der Waals surface area (Å²) in [5.41, 5.74) is 3.78. The molecule has 1 aromatic rings. The maximum absolute atomic E-state index is 11.5. The van der Waals surface area contributed by atoms with Gasteiger partial charge in [-0.1, -0.05) is 18.2 Å². The molecule has 0 aliphatic heterocycles. The third-order valence-electron chi connectivity index (χ3n) is 2.07. The fourth-order valence-electron chi connectivity index (χ4n) is 1.27. The van der Waals surface area contributed by atoms with Crippen molar-refractivity contribution in [1.29, 1.82) is 0 Å². The smallest absolute Gasteiger partial charge is 0.338 e. The van der Waals surface area contributed by atoms with Crippen molar-refractivity contribution in [2.75, 3.05) is 13.7 Å². The minimum atomic E-state index is -0.397. The van der Waals surface area contributed by atoms with Crippen molar-refractivity contribution in [2.24, 2.45) is 5.10 Å². The first-order valence-electron chi connectivity index (χ1n) is 5.43. The maximum atomic E-state index is 11.5. The van der Waals surface area contributed by atoms with Crippen molar-refractivity contribution in [2.45, 2.75) is 6.92 Å². The highest BCUT2D eigenvalue weighted by atomic mass is 32.1. The van der Waals surface area contributed by atoms with Crippen molar-refractivity contribution >= 4 is 29.5 Å². The molecule has 6 heteroatoms. The van der Waals surface area contributed by atoms with Crippen LogP contribution >= 0.6 is 12.2 Å². The molecule has 0 saturated carbocycles. The number of rotatable bonds is 4. The van der Waals surface area contributed by atoms with Crippen molar-refractivity contribution in [3.8, 4) is 0 Å². The monoisotopic (exact) mass is 265 g/mol. The van der Waals surface area contributed by atoms with E-state index >= 15 is 0 Å². The van der Waals surface area contributed by atoms with Crippen LogP contribution in [0.5, 0.6) is 0 Å². The highest BCUT2D eigenvalue weighted by Crippen LogP contribution is 2.07. The summed E-state index contributed by atoms with van der Waals surface area (Å²) in [6.07, 6.45) is 1.52. The number of carbonyl (C=O) groups excluding carboxylic acids is 1. The van der Waals surface area contributed by atoms with Crippen LogP contribution in [0.25, 0.3) is 0 Å². The van der Waals surface area contributed by atoms with Gasteiger partial charge in [0.2, 0.25) is 0 Å². The van der Waals surface area contributed by atoms with E-state index in [9.17, 15) is 4.79 Å². The standard InChI is InChI=1S/C12H15N3O2S/c1-3-13-12(18)15-14-8-9-6-4-5-7-10(9)11(16)17-2/h4-8H,3H2,1-2H3,(H2,13,15,18)/b14-8-. The number of nitrogens with zero attached hydrogens (tertiary/aromatic N) is 1.